The number of nitrogens with one attached hydrogen (secondary N) is 3. The van der Waals surface area contributed by atoms with Crippen molar-refractivity contribution in [3.8, 4) is 5.75 Å². The van der Waals surface area contributed by atoms with Crippen molar-refractivity contribution in [2.24, 2.45) is 0 Å². The van der Waals surface area contributed by atoms with Crippen LogP contribution in [0, 0.1) is 0 Å². The molecule has 0 saturated heterocycles. The topological polar surface area (TPSA) is 66.2 Å². The normalized spacial score (nSPS) is 10.9. The summed E-state index contributed by atoms with van der Waals surface area (Å²) < 4.78 is 5.14. The first-order chi connectivity index (χ1) is 13.7. The lowest BCUT2D eigenvalue weighted by Gasteiger charge is -2.07. The van der Waals surface area contributed by atoms with Crippen LogP contribution in [0.25, 0.3) is 10.9 Å². The van der Waals surface area contributed by atoms with Gasteiger partial charge in [0.2, 0.25) is 5.91 Å². The van der Waals surface area contributed by atoms with Gasteiger partial charge < -0.3 is 20.4 Å². The Balaban J connectivity index is 1.51. The summed E-state index contributed by atoms with van der Waals surface area (Å²) in [4.78, 5) is 15.5. The molecule has 5 heteroatoms. The molecule has 0 fully saturated rings. The molecule has 148 valence electrons. The van der Waals surface area contributed by atoms with Crippen LogP contribution in [0.1, 0.15) is 23.6 Å². The number of H-pyrrole nitrogens is 1. The number of aromatic nitrogens is 1. The van der Waals surface area contributed by atoms with Gasteiger partial charge in [-0.2, -0.15) is 0 Å². The molecule has 0 aliphatic heterocycles. The lowest BCUT2D eigenvalue weighted by molar-refractivity contribution is -0.120. The Morgan fingerprint density at radius 3 is 2.57 bits per heavy atom. The number of fused-ring (bicyclic) bond motifs is 1. The summed E-state index contributed by atoms with van der Waals surface area (Å²) in [6, 6.07) is 14.1. The van der Waals surface area contributed by atoms with Gasteiger partial charge in [0.1, 0.15) is 5.75 Å². The number of likely N-dealkylation sites (N-methyl/N-ethyl adjacent to an activating group) is 1. The van der Waals surface area contributed by atoms with E-state index in [2.05, 4.69) is 46.9 Å². The average Bonchev–Trinajstić information content (AvgIpc) is 3.11. The van der Waals surface area contributed by atoms with Crippen molar-refractivity contribution < 1.29 is 9.53 Å². The number of hydrogen-bond acceptors (Lipinski definition) is 3. The first-order valence-corrected chi connectivity index (χ1v) is 9.89. The second-order valence-corrected chi connectivity index (χ2v) is 6.92. The van der Waals surface area contributed by atoms with Crippen LogP contribution < -0.4 is 15.4 Å². The molecule has 0 aliphatic carbocycles. The molecule has 2 aromatic carbocycles. The van der Waals surface area contributed by atoms with Crippen LogP contribution in [-0.2, 0) is 24.1 Å². The highest BCUT2D eigenvalue weighted by Crippen LogP contribution is 2.20. The largest absolute Gasteiger partial charge is 0.497 e. The molecule has 3 N–H and O–H groups in total. The summed E-state index contributed by atoms with van der Waals surface area (Å²) in [5, 5.41) is 7.67. The molecule has 0 aliphatic rings. The molecule has 0 atom stereocenters. The first kappa shape index (κ1) is 20.0. The van der Waals surface area contributed by atoms with Crippen LogP contribution in [0.2, 0.25) is 0 Å². The van der Waals surface area contributed by atoms with Crippen molar-refractivity contribution >= 4 is 16.8 Å². The fourth-order valence-electron chi connectivity index (χ4n) is 3.33. The van der Waals surface area contributed by atoms with Gasteiger partial charge in [-0.3, -0.25) is 4.79 Å². The number of aromatic amines is 1. The number of rotatable bonds is 10. The highest BCUT2D eigenvalue weighted by Gasteiger charge is 2.06. The number of methoxy groups -OCH3 is 1. The van der Waals surface area contributed by atoms with Gasteiger partial charge in [0.05, 0.1) is 13.5 Å². The van der Waals surface area contributed by atoms with Crippen molar-refractivity contribution in [2.45, 2.75) is 26.2 Å². The number of ether oxygens (including phenoxy) is 1. The summed E-state index contributed by atoms with van der Waals surface area (Å²) in [6.45, 7) is 4.73. The van der Waals surface area contributed by atoms with E-state index in [9.17, 15) is 4.79 Å². The average molecular weight is 380 g/mol. The standard InChI is InChI=1S/C23H29N3O2/c1-3-24-12-11-19-16-26-22-9-6-18(14-21(19)22)10-13-25-23(27)15-17-4-7-20(28-2)8-5-17/h4-9,14,16,24,26H,3,10-13,15H2,1-2H3,(H,25,27). The van der Waals surface area contributed by atoms with E-state index >= 15 is 0 Å². The molecule has 1 amide bonds. The molecule has 1 aromatic heterocycles. The Labute approximate surface area is 166 Å². The van der Waals surface area contributed by atoms with E-state index in [4.69, 9.17) is 4.74 Å². The summed E-state index contributed by atoms with van der Waals surface area (Å²) in [6.07, 6.45) is 4.32. The molecule has 28 heavy (non-hydrogen) atoms. The number of amides is 1. The Morgan fingerprint density at radius 2 is 1.82 bits per heavy atom. The van der Waals surface area contributed by atoms with Crippen molar-refractivity contribution in [3.63, 3.8) is 0 Å². The number of benzene rings is 2. The lowest BCUT2D eigenvalue weighted by Crippen LogP contribution is -2.27. The van der Waals surface area contributed by atoms with Gasteiger partial charge in [-0.05, 0) is 66.9 Å². The van der Waals surface area contributed by atoms with E-state index in [1.54, 1.807) is 7.11 Å². The maximum Gasteiger partial charge on any atom is 0.224 e. The fourth-order valence-corrected chi connectivity index (χ4v) is 3.33. The molecular formula is C23H29N3O2. The van der Waals surface area contributed by atoms with Gasteiger partial charge in [-0.15, -0.1) is 0 Å². The summed E-state index contributed by atoms with van der Waals surface area (Å²) in [7, 11) is 1.64. The lowest BCUT2D eigenvalue weighted by atomic mass is 10.1. The van der Waals surface area contributed by atoms with E-state index in [1.165, 1.54) is 22.0 Å². The summed E-state index contributed by atoms with van der Waals surface area (Å²) in [5.41, 5.74) is 4.72. The SMILES string of the molecule is CCNCCc1c[nH]c2ccc(CCNC(=O)Cc3ccc(OC)cc3)cc12. The molecule has 1 heterocycles. The van der Waals surface area contributed by atoms with Gasteiger partial charge in [-0.1, -0.05) is 25.1 Å². The Bertz CT molecular complexity index is 900. The zero-order valence-corrected chi connectivity index (χ0v) is 16.7. The van der Waals surface area contributed by atoms with Crippen LogP contribution in [0.5, 0.6) is 5.75 Å². The highest BCUT2D eigenvalue weighted by molar-refractivity contribution is 5.84. The summed E-state index contributed by atoms with van der Waals surface area (Å²) in [5.74, 6) is 0.841. The third kappa shape index (κ3) is 5.36. The molecule has 5 nitrogen and oxygen atoms in total. The predicted octanol–water partition coefficient (Wildman–Crippen LogP) is 3.23. The van der Waals surface area contributed by atoms with E-state index in [0.717, 1.165) is 37.2 Å². The van der Waals surface area contributed by atoms with Crippen LogP contribution in [-0.4, -0.2) is 37.6 Å². The zero-order valence-electron chi connectivity index (χ0n) is 16.7. The molecule has 0 radical (unpaired) electrons. The van der Waals surface area contributed by atoms with Gasteiger partial charge in [-0.25, -0.2) is 0 Å². The van der Waals surface area contributed by atoms with E-state index in [-0.39, 0.29) is 5.91 Å². The Hall–Kier alpha value is -2.79. The minimum absolute atomic E-state index is 0.0409. The molecule has 0 bridgehead atoms. The van der Waals surface area contributed by atoms with Crippen molar-refractivity contribution in [1.29, 1.82) is 0 Å². The van der Waals surface area contributed by atoms with Gasteiger partial charge in [0.25, 0.3) is 0 Å². The zero-order chi connectivity index (χ0) is 19.8. The predicted molar refractivity (Wildman–Crippen MR) is 114 cm³/mol. The Kier molecular flexibility index (Phi) is 7.09. The molecule has 0 spiro atoms. The van der Waals surface area contributed by atoms with Crippen molar-refractivity contribution in [3.05, 3.63) is 65.4 Å². The van der Waals surface area contributed by atoms with Crippen LogP contribution >= 0.6 is 0 Å². The second kappa shape index (κ2) is 9.95. The Morgan fingerprint density at radius 1 is 1.04 bits per heavy atom. The minimum Gasteiger partial charge on any atom is -0.497 e. The first-order valence-electron chi connectivity index (χ1n) is 9.89. The molecule has 0 saturated carbocycles. The second-order valence-electron chi connectivity index (χ2n) is 6.92. The smallest absolute Gasteiger partial charge is 0.224 e. The quantitative estimate of drug-likeness (QED) is 0.474. The van der Waals surface area contributed by atoms with Crippen molar-refractivity contribution in [1.82, 2.24) is 15.6 Å². The number of hydrogen-bond donors (Lipinski definition) is 3. The fraction of sp³-hybridized carbons (Fsp3) is 0.348. The highest BCUT2D eigenvalue weighted by atomic mass is 16.5. The van der Waals surface area contributed by atoms with Gasteiger partial charge >= 0.3 is 0 Å². The number of carbonyl (C=O) groups excluding carboxylic acids is 1. The maximum atomic E-state index is 12.2. The molecule has 3 aromatic rings. The monoisotopic (exact) mass is 379 g/mol. The minimum atomic E-state index is 0.0409. The van der Waals surface area contributed by atoms with Gasteiger partial charge in [0.15, 0.2) is 0 Å². The van der Waals surface area contributed by atoms with Gasteiger partial charge in [0, 0.05) is 23.6 Å². The maximum absolute atomic E-state index is 12.2. The van der Waals surface area contributed by atoms with Crippen LogP contribution in [0.4, 0.5) is 0 Å². The van der Waals surface area contributed by atoms with E-state index in [1.807, 2.05) is 24.3 Å². The van der Waals surface area contributed by atoms with Crippen LogP contribution in [0.15, 0.2) is 48.7 Å². The molecule has 3 rings (SSSR count). The number of carbonyl (C=O) groups is 1. The third-order valence-electron chi connectivity index (χ3n) is 4.91. The summed E-state index contributed by atoms with van der Waals surface area (Å²) >= 11 is 0. The third-order valence-corrected chi connectivity index (χ3v) is 4.91. The van der Waals surface area contributed by atoms with Crippen LogP contribution in [0.3, 0.4) is 0 Å². The molecular weight excluding hydrogens is 350 g/mol. The van der Waals surface area contributed by atoms with E-state index < -0.39 is 0 Å². The van der Waals surface area contributed by atoms with E-state index in [0.29, 0.717) is 13.0 Å². The van der Waals surface area contributed by atoms with Crippen molar-refractivity contribution in [2.75, 3.05) is 26.7 Å². The molecule has 0 unspecified atom stereocenters.